The van der Waals surface area contributed by atoms with E-state index in [1.807, 2.05) is 18.2 Å². The van der Waals surface area contributed by atoms with Gasteiger partial charge in [-0.05, 0) is 42.0 Å². The van der Waals surface area contributed by atoms with E-state index in [1.54, 1.807) is 36.2 Å². The maximum Gasteiger partial charge on any atom is 0.329 e. The van der Waals surface area contributed by atoms with Crippen molar-refractivity contribution in [3.63, 3.8) is 0 Å². The molecule has 1 aliphatic rings. The third kappa shape index (κ3) is 3.36. The summed E-state index contributed by atoms with van der Waals surface area (Å²) >= 11 is 1.16. The molecule has 9 heteroatoms. The second-order valence-corrected chi connectivity index (χ2v) is 6.76. The Labute approximate surface area is 158 Å². The van der Waals surface area contributed by atoms with Gasteiger partial charge in [-0.1, -0.05) is 6.07 Å². The molecule has 0 saturated carbocycles. The van der Waals surface area contributed by atoms with Crippen LogP contribution in [-0.2, 0) is 11.3 Å². The fraction of sp³-hybridized carbons (Fsp3) is 0.167. The van der Waals surface area contributed by atoms with Gasteiger partial charge in [0.1, 0.15) is 17.6 Å². The van der Waals surface area contributed by atoms with Gasteiger partial charge >= 0.3 is 6.03 Å². The Hall–Kier alpha value is -3.33. The number of rotatable bonds is 4. The third-order valence-corrected chi connectivity index (χ3v) is 4.86. The molecular weight excluding hydrogens is 366 g/mol. The largest absolute Gasteiger partial charge is 0.337 e. The molecule has 8 nitrogen and oxygen atoms in total. The molecular formula is C18H15N5O3S. The standard InChI is InChI=1S/C18H15N5O3S/c1-22(9-11-2-7-14-15(8-11)21-27-20-14)17(25)12-3-5-13(6-4-12)23-10-16(24)19-18(23)26/h2-8H,9-10H2,1H3,(H,19,24,26). The lowest BCUT2D eigenvalue weighted by Gasteiger charge is -2.18. The first-order chi connectivity index (χ1) is 13.0. The zero-order chi connectivity index (χ0) is 19.0. The minimum Gasteiger partial charge on any atom is -0.337 e. The number of urea groups is 1. The number of nitrogens with zero attached hydrogens (tertiary/aromatic N) is 4. The van der Waals surface area contributed by atoms with Crippen molar-refractivity contribution in [1.82, 2.24) is 19.0 Å². The second-order valence-electron chi connectivity index (χ2n) is 6.23. The quantitative estimate of drug-likeness (QED) is 0.698. The van der Waals surface area contributed by atoms with Gasteiger partial charge in [0, 0.05) is 24.8 Å². The molecule has 0 radical (unpaired) electrons. The Kier molecular flexibility index (Phi) is 4.28. The summed E-state index contributed by atoms with van der Waals surface area (Å²) in [6.45, 7) is 0.428. The molecule has 1 fully saturated rings. The summed E-state index contributed by atoms with van der Waals surface area (Å²) in [6, 6.07) is 11.9. The van der Waals surface area contributed by atoms with Crippen molar-refractivity contribution in [2.75, 3.05) is 18.5 Å². The normalized spacial score (nSPS) is 13.9. The second kappa shape index (κ2) is 6.76. The predicted octanol–water partition coefficient (Wildman–Crippen LogP) is 2.02. The van der Waals surface area contributed by atoms with Crippen LogP contribution in [0.5, 0.6) is 0 Å². The maximum atomic E-state index is 12.7. The third-order valence-electron chi connectivity index (χ3n) is 4.30. The van der Waals surface area contributed by atoms with E-state index in [4.69, 9.17) is 0 Å². The summed E-state index contributed by atoms with van der Waals surface area (Å²) in [5.41, 5.74) is 3.71. The van der Waals surface area contributed by atoms with Gasteiger partial charge in [0.15, 0.2) is 0 Å². The van der Waals surface area contributed by atoms with Crippen LogP contribution in [-0.4, -0.2) is 45.1 Å². The average molecular weight is 381 g/mol. The van der Waals surface area contributed by atoms with E-state index in [9.17, 15) is 14.4 Å². The summed E-state index contributed by atoms with van der Waals surface area (Å²) in [7, 11) is 1.73. The molecule has 1 aromatic heterocycles. The van der Waals surface area contributed by atoms with Gasteiger partial charge in [-0.2, -0.15) is 8.75 Å². The lowest BCUT2D eigenvalue weighted by molar-refractivity contribution is -0.117. The topological polar surface area (TPSA) is 95.5 Å². The zero-order valence-electron chi connectivity index (χ0n) is 14.4. The molecule has 0 unspecified atom stereocenters. The molecule has 0 spiro atoms. The van der Waals surface area contributed by atoms with E-state index in [-0.39, 0.29) is 18.4 Å². The fourth-order valence-electron chi connectivity index (χ4n) is 2.93. The minimum atomic E-state index is -0.455. The number of nitrogens with one attached hydrogen (secondary N) is 1. The highest BCUT2D eigenvalue weighted by Gasteiger charge is 2.28. The lowest BCUT2D eigenvalue weighted by Crippen LogP contribution is -2.28. The molecule has 27 heavy (non-hydrogen) atoms. The molecule has 2 aromatic carbocycles. The number of carbonyl (C=O) groups excluding carboxylic acids is 3. The first-order valence-corrected chi connectivity index (χ1v) is 8.92. The van der Waals surface area contributed by atoms with E-state index < -0.39 is 6.03 Å². The smallest absolute Gasteiger partial charge is 0.329 e. The molecule has 136 valence electrons. The minimum absolute atomic E-state index is 0.0139. The maximum absolute atomic E-state index is 12.7. The first-order valence-electron chi connectivity index (χ1n) is 8.19. The Balaban J connectivity index is 1.46. The first kappa shape index (κ1) is 17.1. The van der Waals surface area contributed by atoms with Crippen molar-refractivity contribution in [3.05, 3.63) is 53.6 Å². The van der Waals surface area contributed by atoms with E-state index >= 15 is 0 Å². The predicted molar refractivity (Wildman–Crippen MR) is 101 cm³/mol. The number of hydrogen-bond donors (Lipinski definition) is 1. The molecule has 1 aliphatic heterocycles. The summed E-state index contributed by atoms with van der Waals surface area (Å²) in [5, 5.41) is 2.22. The Morgan fingerprint density at radius 3 is 2.59 bits per heavy atom. The van der Waals surface area contributed by atoms with E-state index in [1.165, 1.54) is 4.90 Å². The number of hydrogen-bond acceptors (Lipinski definition) is 6. The molecule has 4 amide bonds. The van der Waals surface area contributed by atoms with E-state index in [0.29, 0.717) is 17.8 Å². The van der Waals surface area contributed by atoms with Crippen LogP contribution in [0.4, 0.5) is 10.5 Å². The number of carbonyl (C=O) groups is 3. The van der Waals surface area contributed by atoms with Gasteiger partial charge in [0.05, 0.1) is 11.7 Å². The van der Waals surface area contributed by atoms with Crippen molar-refractivity contribution in [1.29, 1.82) is 0 Å². The van der Waals surface area contributed by atoms with Gasteiger partial charge in [-0.15, -0.1) is 0 Å². The van der Waals surface area contributed by atoms with Gasteiger partial charge in [-0.3, -0.25) is 19.8 Å². The van der Waals surface area contributed by atoms with Crippen LogP contribution >= 0.6 is 11.7 Å². The lowest BCUT2D eigenvalue weighted by atomic mass is 10.1. The molecule has 1 N–H and O–H groups in total. The van der Waals surface area contributed by atoms with Crippen molar-refractivity contribution >= 4 is 46.3 Å². The van der Waals surface area contributed by atoms with Crippen LogP contribution in [0, 0.1) is 0 Å². The average Bonchev–Trinajstić information content (AvgIpc) is 3.26. The van der Waals surface area contributed by atoms with E-state index in [0.717, 1.165) is 28.3 Å². The molecule has 2 heterocycles. The van der Waals surface area contributed by atoms with E-state index in [2.05, 4.69) is 14.1 Å². The van der Waals surface area contributed by atoms with Crippen molar-refractivity contribution < 1.29 is 14.4 Å². The summed E-state index contributed by atoms with van der Waals surface area (Å²) in [5.74, 6) is -0.479. The van der Waals surface area contributed by atoms with Crippen LogP contribution in [0.2, 0.25) is 0 Å². The molecule has 4 rings (SSSR count). The molecule has 3 aromatic rings. The number of aromatic nitrogens is 2. The number of benzene rings is 2. The highest BCUT2D eigenvalue weighted by molar-refractivity contribution is 7.00. The van der Waals surface area contributed by atoms with Crippen LogP contribution in [0.3, 0.4) is 0 Å². The van der Waals surface area contributed by atoms with Crippen LogP contribution in [0.1, 0.15) is 15.9 Å². The molecule has 0 bridgehead atoms. The number of amides is 4. The molecule has 0 atom stereocenters. The van der Waals surface area contributed by atoms with Gasteiger partial charge < -0.3 is 4.90 Å². The zero-order valence-corrected chi connectivity index (χ0v) is 15.2. The fourth-order valence-corrected chi connectivity index (χ4v) is 3.44. The number of imide groups is 1. The number of anilines is 1. The highest BCUT2D eigenvalue weighted by atomic mass is 32.1. The van der Waals surface area contributed by atoms with Crippen LogP contribution < -0.4 is 10.2 Å². The van der Waals surface area contributed by atoms with Crippen molar-refractivity contribution in [2.45, 2.75) is 6.54 Å². The number of fused-ring (bicyclic) bond motifs is 1. The summed E-state index contributed by atoms with van der Waals surface area (Å²) in [6.07, 6.45) is 0. The SMILES string of the molecule is CN(Cc1ccc2nsnc2c1)C(=O)c1ccc(N2CC(=O)NC2=O)cc1. The summed E-state index contributed by atoms with van der Waals surface area (Å²) in [4.78, 5) is 38.6. The van der Waals surface area contributed by atoms with Crippen molar-refractivity contribution in [2.24, 2.45) is 0 Å². The Morgan fingerprint density at radius 1 is 1.15 bits per heavy atom. The van der Waals surface area contributed by atoms with Gasteiger partial charge in [0.25, 0.3) is 5.91 Å². The highest BCUT2D eigenvalue weighted by Crippen LogP contribution is 2.19. The Morgan fingerprint density at radius 2 is 1.89 bits per heavy atom. The van der Waals surface area contributed by atoms with Crippen LogP contribution in [0.25, 0.3) is 11.0 Å². The van der Waals surface area contributed by atoms with Crippen molar-refractivity contribution in [3.8, 4) is 0 Å². The van der Waals surface area contributed by atoms with Crippen LogP contribution in [0.15, 0.2) is 42.5 Å². The molecule has 1 saturated heterocycles. The van der Waals surface area contributed by atoms with Gasteiger partial charge in [0.2, 0.25) is 5.91 Å². The molecule has 0 aliphatic carbocycles. The van der Waals surface area contributed by atoms with Gasteiger partial charge in [-0.25, -0.2) is 4.79 Å². The Bertz CT molecular complexity index is 1050. The summed E-state index contributed by atoms with van der Waals surface area (Å²) < 4.78 is 8.38. The monoisotopic (exact) mass is 381 g/mol.